The maximum absolute atomic E-state index is 4.24. The quantitative estimate of drug-likeness (QED) is 0.932. The van der Waals surface area contributed by atoms with Gasteiger partial charge in [-0.2, -0.15) is 0 Å². The maximum Gasteiger partial charge on any atom is 0.0923 e. The number of benzene rings is 1. The summed E-state index contributed by atoms with van der Waals surface area (Å²) in [4.78, 5) is 9.50. The van der Waals surface area contributed by atoms with Crippen LogP contribution >= 0.6 is 15.9 Å². The van der Waals surface area contributed by atoms with Crippen LogP contribution in [0.3, 0.4) is 0 Å². The number of aromatic nitrogens is 2. The van der Waals surface area contributed by atoms with Gasteiger partial charge in [0.15, 0.2) is 0 Å². The number of rotatable bonds is 4. The van der Waals surface area contributed by atoms with Crippen LogP contribution in [-0.2, 0) is 6.54 Å². The number of nitrogens with zero attached hydrogens (tertiary/aromatic N) is 2. The molecule has 0 fully saturated rings. The van der Waals surface area contributed by atoms with Gasteiger partial charge in [0.05, 0.1) is 18.6 Å². The number of halogens is 1. The minimum Gasteiger partial charge on any atom is -0.366 e. The second kappa shape index (κ2) is 5.16. The van der Waals surface area contributed by atoms with Crippen LogP contribution in [0.15, 0.2) is 41.3 Å². The van der Waals surface area contributed by atoms with Gasteiger partial charge in [0, 0.05) is 22.9 Å². The zero-order valence-electron chi connectivity index (χ0n) is 9.15. The van der Waals surface area contributed by atoms with Gasteiger partial charge in [-0.1, -0.05) is 15.9 Å². The largest absolute Gasteiger partial charge is 0.366 e. The van der Waals surface area contributed by atoms with E-state index in [1.165, 1.54) is 5.69 Å². The van der Waals surface area contributed by atoms with E-state index in [1.54, 1.807) is 6.33 Å². The summed E-state index contributed by atoms with van der Waals surface area (Å²) in [6.07, 6.45) is 3.65. The van der Waals surface area contributed by atoms with Crippen LogP contribution in [0.25, 0.3) is 0 Å². The molecule has 0 unspecified atom stereocenters. The highest BCUT2D eigenvalue weighted by Crippen LogP contribution is 2.19. The molecule has 84 valence electrons. The zero-order chi connectivity index (χ0) is 11.4. The van der Waals surface area contributed by atoms with E-state index in [0.29, 0.717) is 0 Å². The van der Waals surface area contributed by atoms with Gasteiger partial charge in [0.1, 0.15) is 0 Å². The molecule has 0 saturated heterocycles. The van der Waals surface area contributed by atoms with Crippen molar-refractivity contribution in [2.24, 2.45) is 0 Å². The lowest BCUT2D eigenvalue weighted by Crippen LogP contribution is -2.21. The molecule has 0 aliphatic heterocycles. The third kappa shape index (κ3) is 2.64. The topological polar surface area (TPSA) is 31.9 Å². The Morgan fingerprint density at radius 2 is 2.06 bits per heavy atom. The fourth-order valence-corrected chi connectivity index (χ4v) is 1.87. The first kappa shape index (κ1) is 11.2. The number of H-pyrrole nitrogens is 1. The summed E-state index contributed by atoms with van der Waals surface area (Å²) in [7, 11) is 0. The van der Waals surface area contributed by atoms with Gasteiger partial charge in [0.25, 0.3) is 0 Å². The van der Waals surface area contributed by atoms with Gasteiger partial charge < -0.3 is 9.88 Å². The Labute approximate surface area is 104 Å². The van der Waals surface area contributed by atoms with E-state index in [0.717, 1.165) is 23.3 Å². The Morgan fingerprint density at radius 3 is 2.62 bits per heavy atom. The third-order valence-corrected chi connectivity index (χ3v) is 3.01. The molecular weight excluding hydrogens is 266 g/mol. The Bertz CT molecular complexity index is 422. The van der Waals surface area contributed by atoms with Crippen molar-refractivity contribution in [1.82, 2.24) is 9.97 Å². The van der Waals surface area contributed by atoms with E-state index in [1.807, 2.05) is 6.20 Å². The number of hydrogen-bond acceptors (Lipinski definition) is 2. The molecule has 3 nitrogen and oxygen atoms in total. The predicted octanol–water partition coefficient (Wildman–Crippen LogP) is 3.20. The van der Waals surface area contributed by atoms with E-state index < -0.39 is 0 Å². The van der Waals surface area contributed by atoms with Crippen LogP contribution in [0.4, 0.5) is 5.69 Å². The number of anilines is 1. The summed E-state index contributed by atoms with van der Waals surface area (Å²) in [5.74, 6) is 0. The molecule has 0 amide bonds. The average Bonchev–Trinajstić information content (AvgIpc) is 2.80. The highest BCUT2D eigenvalue weighted by atomic mass is 79.9. The van der Waals surface area contributed by atoms with Gasteiger partial charge >= 0.3 is 0 Å². The van der Waals surface area contributed by atoms with Crippen molar-refractivity contribution in [2.75, 3.05) is 11.4 Å². The number of nitrogens with one attached hydrogen (secondary N) is 1. The smallest absolute Gasteiger partial charge is 0.0923 e. The molecule has 16 heavy (non-hydrogen) atoms. The summed E-state index contributed by atoms with van der Waals surface area (Å²) in [5, 5.41) is 0. The Morgan fingerprint density at radius 1 is 1.31 bits per heavy atom. The molecule has 0 spiro atoms. The lowest BCUT2D eigenvalue weighted by Gasteiger charge is -2.22. The van der Waals surface area contributed by atoms with E-state index in [4.69, 9.17) is 0 Å². The minimum atomic E-state index is 0.835. The average molecular weight is 280 g/mol. The molecule has 0 atom stereocenters. The molecule has 1 N–H and O–H groups in total. The van der Waals surface area contributed by atoms with Crippen LogP contribution in [0.5, 0.6) is 0 Å². The molecule has 4 heteroatoms. The van der Waals surface area contributed by atoms with E-state index in [-0.39, 0.29) is 0 Å². The van der Waals surface area contributed by atoms with Crippen LogP contribution in [0, 0.1) is 0 Å². The maximum atomic E-state index is 4.24. The van der Waals surface area contributed by atoms with Crippen LogP contribution in [0.2, 0.25) is 0 Å². The first-order chi connectivity index (χ1) is 7.79. The van der Waals surface area contributed by atoms with Gasteiger partial charge in [0.2, 0.25) is 0 Å². The van der Waals surface area contributed by atoms with Gasteiger partial charge in [-0.15, -0.1) is 0 Å². The highest BCUT2D eigenvalue weighted by Gasteiger charge is 2.05. The second-order valence-electron chi connectivity index (χ2n) is 3.55. The zero-order valence-corrected chi connectivity index (χ0v) is 10.7. The van der Waals surface area contributed by atoms with Crippen molar-refractivity contribution < 1.29 is 0 Å². The minimum absolute atomic E-state index is 0.835. The first-order valence-electron chi connectivity index (χ1n) is 5.27. The molecule has 0 aliphatic carbocycles. The van der Waals surface area contributed by atoms with Crippen LogP contribution < -0.4 is 4.90 Å². The Hall–Kier alpha value is -1.29. The lowest BCUT2D eigenvalue weighted by atomic mass is 10.2. The highest BCUT2D eigenvalue weighted by molar-refractivity contribution is 9.10. The fourth-order valence-electron chi connectivity index (χ4n) is 1.61. The Kier molecular flexibility index (Phi) is 3.62. The van der Waals surface area contributed by atoms with Gasteiger partial charge in [-0.25, -0.2) is 4.98 Å². The van der Waals surface area contributed by atoms with Gasteiger partial charge in [-0.3, -0.25) is 0 Å². The third-order valence-electron chi connectivity index (χ3n) is 2.48. The van der Waals surface area contributed by atoms with Crippen molar-refractivity contribution in [3.05, 3.63) is 47.0 Å². The van der Waals surface area contributed by atoms with Crippen molar-refractivity contribution in [3.8, 4) is 0 Å². The summed E-state index contributed by atoms with van der Waals surface area (Å²) in [6, 6.07) is 8.34. The van der Waals surface area contributed by atoms with Crippen molar-refractivity contribution in [2.45, 2.75) is 13.5 Å². The fraction of sp³-hybridized carbons (Fsp3) is 0.250. The van der Waals surface area contributed by atoms with Crippen LogP contribution in [-0.4, -0.2) is 16.5 Å². The molecule has 1 heterocycles. The number of aromatic amines is 1. The van der Waals surface area contributed by atoms with Crippen LogP contribution in [0.1, 0.15) is 12.6 Å². The second-order valence-corrected chi connectivity index (χ2v) is 4.47. The summed E-state index contributed by atoms with van der Waals surface area (Å²) in [6.45, 7) is 3.95. The van der Waals surface area contributed by atoms with Gasteiger partial charge in [-0.05, 0) is 31.2 Å². The van der Waals surface area contributed by atoms with Crippen molar-refractivity contribution in [3.63, 3.8) is 0 Å². The lowest BCUT2D eigenvalue weighted by molar-refractivity contribution is 0.815. The molecular formula is C12H14BrN3. The first-order valence-corrected chi connectivity index (χ1v) is 6.07. The summed E-state index contributed by atoms with van der Waals surface area (Å²) >= 11 is 3.44. The SMILES string of the molecule is CCN(Cc1c[nH]cn1)c1ccc(Br)cc1. The number of hydrogen-bond donors (Lipinski definition) is 1. The monoisotopic (exact) mass is 279 g/mol. The van der Waals surface area contributed by atoms with E-state index in [9.17, 15) is 0 Å². The summed E-state index contributed by atoms with van der Waals surface area (Å²) in [5.41, 5.74) is 2.28. The predicted molar refractivity (Wildman–Crippen MR) is 69.5 cm³/mol. The standard InChI is InChI=1S/C12H14BrN3/c1-2-16(8-11-7-14-9-15-11)12-5-3-10(13)4-6-12/h3-7,9H,2,8H2,1H3,(H,14,15). The van der Waals surface area contributed by atoms with E-state index in [2.05, 4.69) is 62.0 Å². The molecule has 2 aromatic rings. The van der Waals surface area contributed by atoms with E-state index >= 15 is 0 Å². The number of imidazole rings is 1. The molecule has 0 radical (unpaired) electrons. The molecule has 2 rings (SSSR count). The molecule has 1 aromatic heterocycles. The van der Waals surface area contributed by atoms with Crippen molar-refractivity contribution >= 4 is 21.6 Å². The normalized spacial score (nSPS) is 10.4. The van der Waals surface area contributed by atoms with Crippen molar-refractivity contribution in [1.29, 1.82) is 0 Å². The molecule has 0 aliphatic rings. The summed E-state index contributed by atoms with van der Waals surface area (Å²) < 4.78 is 1.10. The molecule has 0 bridgehead atoms. The molecule has 0 saturated carbocycles. The molecule has 1 aromatic carbocycles. The Balaban J connectivity index is 2.13.